The van der Waals surface area contributed by atoms with Crippen LogP contribution < -0.4 is 0 Å². The molecule has 0 fully saturated rings. The molecule has 0 aliphatic carbocycles. The summed E-state index contributed by atoms with van der Waals surface area (Å²) in [5.74, 6) is 0. The summed E-state index contributed by atoms with van der Waals surface area (Å²) in [6, 6.07) is 0. The first-order chi connectivity index (χ1) is 20.5. The van der Waals surface area contributed by atoms with Gasteiger partial charge in [-0.2, -0.15) is 0 Å². The minimum atomic E-state index is -0.560. The molecule has 8 nitrogen and oxygen atoms in total. The second kappa shape index (κ2) is 32.0. The predicted molar refractivity (Wildman–Crippen MR) is 173 cm³/mol. The van der Waals surface area contributed by atoms with Gasteiger partial charge >= 0.3 is 0 Å². The Morgan fingerprint density at radius 2 is 0.667 bits per heavy atom. The molecule has 0 aromatic rings. The van der Waals surface area contributed by atoms with Crippen molar-refractivity contribution < 1.29 is 38.6 Å². The van der Waals surface area contributed by atoms with Crippen LogP contribution in [0.2, 0.25) is 0 Å². The van der Waals surface area contributed by atoms with Gasteiger partial charge in [0.15, 0.2) is 0 Å². The van der Waals surface area contributed by atoms with Gasteiger partial charge in [0.2, 0.25) is 0 Å². The third-order valence-electron chi connectivity index (χ3n) is 5.92. The molecule has 0 radical (unpaired) electrons. The van der Waals surface area contributed by atoms with E-state index in [0.717, 1.165) is 38.5 Å². The average molecular weight is 597 g/mol. The Hall–Kier alpha value is -1.88. The fourth-order valence-electron chi connectivity index (χ4n) is 3.46. The average Bonchev–Trinajstić information content (AvgIpc) is 3.01. The second-order valence-corrected chi connectivity index (χ2v) is 10.2. The van der Waals surface area contributed by atoms with Gasteiger partial charge < -0.3 is 38.6 Å². The van der Waals surface area contributed by atoms with Crippen LogP contribution in [-0.4, -0.2) is 103 Å². The van der Waals surface area contributed by atoms with Gasteiger partial charge in [0.1, 0.15) is 0 Å². The third kappa shape index (κ3) is 24.7. The fourth-order valence-corrected chi connectivity index (χ4v) is 3.46. The Balaban J connectivity index is 0. The molecule has 2 N–H and O–H groups in total. The highest BCUT2D eigenvalue weighted by Gasteiger charge is 2.32. The van der Waals surface area contributed by atoms with Crippen LogP contribution in [0.5, 0.6) is 0 Å². The van der Waals surface area contributed by atoms with Crippen LogP contribution in [0, 0.1) is 10.8 Å². The SMILES string of the molecule is C=CCCCOCC(CO)(COCCCC=C)COCCCC=C.C=CCOCC(CO)(COCC=C)COCC=C. The van der Waals surface area contributed by atoms with Gasteiger partial charge in [-0.1, -0.05) is 36.5 Å². The van der Waals surface area contributed by atoms with Gasteiger partial charge in [-0.15, -0.1) is 39.5 Å². The molecule has 0 unspecified atom stereocenters. The van der Waals surface area contributed by atoms with E-state index >= 15 is 0 Å². The van der Waals surface area contributed by atoms with E-state index in [1.807, 2.05) is 18.2 Å². The van der Waals surface area contributed by atoms with Crippen LogP contribution in [0.25, 0.3) is 0 Å². The van der Waals surface area contributed by atoms with Gasteiger partial charge in [0, 0.05) is 19.8 Å². The largest absolute Gasteiger partial charge is 0.396 e. The van der Waals surface area contributed by atoms with E-state index in [2.05, 4.69) is 39.5 Å². The van der Waals surface area contributed by atoms with Crippen LogP contribution >= 0.6 is 0 Å². The second-order valence-electron chi connectivity index (χ2n) is 10.2. The highest BCUT2D eigenvalue weighted by molar-refractivity contribution is 4.81. The maximum atomic E-state index is 9.90. The van der Waals surface area contributed by atoms with E-state index < -0.39 is 10.8 Å². The topological polar surface area (TPSA) is 95.8 Å². The van der Waals surface area contributed by atoms with Gasteiger partial charge in [0.05, 0.1) is 83.5 Å². The Labute approximate surface area is 256 Å². The molecular formula is C34H60O8. The monoisotopic (exact) mass is 596 g/mol. The minimum absolute atomic E-state index is 0.0165. The third-order valence-corrected chi connectivity index (χ3v) is 5.92. The molecule has 0 aliphatic rings. The summed E-state index contributed by atoms with van der Waals surface area (Å²) in [4.78, 5) is 0. The number of rotatable bonds is 32. The fraction of sp³-hybridized carbons (Fsp3) is 0.647. The summed E-state index contributed by atoms with van der Waals surface area (Å²) in [6.45, 7) is 27.4. The van der Waals surface area contributed by atoms with Gasteiger partial charge in [-0.05, 0) is 38.5 Å². The molecule has 0 heterocycles. The number of unbranched alkanes of at least 4 members (excludes halogenated alkanes) is 3. The molecule has 0 rings (SSSR count). The molecule has 0 spiro atoms. The molecule has 0 saturated heterocycles. The van der Waals surface area contributed by atoms with Crippen molar-refractivity contribution in [3.63, 3.8) is 0 Å². The number of hydrogen-bond acceptors (Lipinski definition) is 8. The smallest absolute Gasteiger partial charge is 0.0645 e. The highest BCUT2D eigenvalue weighted by Crippen LogP contribution is 2.20. The summed E-state index contributed by atoms with van der Waals surface area (Å²) >= 11 is 0. The lowest BCUT2D eigenvalue weighted by Gasteiger charge is -2.31. The van der Waals surface area contributed by atoms with Crippen molar-refractivity contribution in [3.8, 4) is 0 Å². The lowest BCUT2D eigenvalue weighted by Crippen LogP contribution is -2.41. The summed E-state index contributed by atoms with van der Waals surface area (Å²) in [5.41, 5.74) is -1.06. The highest BCUT2D eigenvalue weighted by atomic mass is 16.5. The van der Waals surface area contributed by atoms with E-state index in [9.17, 15) is 10.2 Å². The molecule has 0 aromatic carbocycles. The van der Waals surface area contributed by atoms with Crippen molar-refractivity contribution in [2.45, 2.75) is 38.5 Å². The van der Waals surface area contributed by atoms with Crippen molar-refractivity contribution in [3.05, 3.63) is 75.9 Å². The Kier molecular flexibility index (Phi) is 32.2. The van der Waals surface area contributed by atoms with Crippen LogP contribution in [0.4, 0.5) is 0 Å². The predicted octanol–water partition coefficient (Wildman–Crippen LogP) is 5.49. The maximum absolute atomic E-state index is 9.90. The maximum Gasteiger partial charge on any atom is 0.0645 e. The van der Waals surface area contributed by atoms with Crippen molar-refractivity contribution in [2.75, 3.05) is 92.5 Å². The van der Waals surface area contributed by atoms with Crippen molar-refractivity contribution in [2.24, 2.45) is 10.8 Å². The first-order valence-corrected chi connectivity index (χ1v) is 14.8. The molecule has 42 heavy (non-hydrogen) atoms. The molecule has 0 amide bonds. The van der Waals surface area contributed by atoms with Gasteiger partial charge in [0.25, 0.3) is 0 Å². The molecule has 8 heteroatoms. The van der Waals surface area contributed by atoms with Crippen LogP contribution in [0.1, 0.15) is 38.5 Å². The molecule has 244 valence electrons. The Morgan fingerprint density at radius 3 is 0.881 bits per heavy atom. The molecule has 0 bridgehead atoms. The van der Waals surface area contributed by atoms with Crippen molar-refractivity contribution >= 4 is 0 Å². The van der Waals surface area contributed by atoms with E-state index in [0.29, 0.717) is 79.3 Å². The van der Waals surface area contributed by atoms with Gasteiger partial charge in [-0.3, -0.25) is 0 Å². The summed E-state index contributed by atoms with van der Waals surface area (Å²) < 4.78 is 33.5. The Morgan fingerprint density at radius 1 is 0.405 bits per heavy atom. The molecule has 0 atom stereocenters. The summed E-state index contributed by atoms with van der Waals surface area (Å²) in [7, 11) is 0. The van der Waals surface area contributed by atoms with E-state index in [-0.39, 0.29) is 13.2 Å². The molecule has 0 saturated carbocycles. The first-order valence-electron chi connectivity index (χ1n) is 14.8. The molecule has 0 aromatic heterocycles. The Bertz CT molecular complexity index is 582. The van der Waals surface area contributed by atoms with E-state index in [1.165, 1.54) is 0 Å². The van der Waals surface area contributed by atoms with E-state index in [4.69, 9.17) is 28.4 Å². The quantitative estimate of drug-likeness (QED) is 0.0778. The van der Waals surface area contributed by atoms with Crippen molar-refractivity contribution in [1.82, 2.24) is 0 Å². The normalized spacial score (nSPS) is 11.3. The summed E-state index contributed by atoms with van der Waals surface area (Å²) in [6.07, 6.45) is 16.2. The number of hydrogen-bond donors (Lipinski definition) is 2. The molecular weight excluding hydrogens is 536 g/mol. The summed E-state index contributed by atoms with van der Waals surface area (Å²) in [5, 5.41) is 19.5. The van der Waals surface area contributed by atoms with Crippen molar-refractivity contribution in [1.29, 1.82) is 0 Å². The first kappa shape index (κ1) is 42.3. The number of aliphatic hydroxyl groups excluding tert-OH is 2. The zero-order valence-electron chi connectivity index (χ0n) is 26.2. The van der Waals surface area contributed by atoms with Crippen LogP contribution in [-0.2, 0) is 28.4 Å². The number of ether oxygens (including phenoxy) is 6. The lowest BCUT2D eigenvalue weighted by atomic mass is 9.92. The van der Waals surface area contributed by atoms with Crippen LogP contribution in [0.3, 0.4) is 0 Å². The minimum Gasteiger partial charge on any atom is -0.396 e. The van der Waals surface area contributed by atoms with Crippen LogP contribution in [0.15, 0.2) is 75.9 Å². The standard InChI is InChI=1S/C20H36O4.C14H24O4/c1-4-7-10-13-22-17-20(16-21,18-23-14-11-8-5-2)19-24-15-12-9-6-3;1-4-7-16-11-14(10-15,12-17-8-5-2)13-18-9-6-3/h4-6,21H,1-3,7-19H2;4-6,15H,1-3,7-13H2. The van der Waals surface area contributed by atoms with Gasteiger partial charge in [-0.25, -0.2) is 0 Å². The number of allylic oxidation sites excluding steroid dienone is 3. The zero-order valence-corrected chi connectivity index (χ0v) is 26.2. The molecule has 0 aliphatic heterocycles. The zero-order chi connectivity index (χ0) is 31.6. The van der Waals surface area contributed by atoms with E-state index in [1.54, 1.807) is 18.2 Å². The number of aliphatic hydroxyl groups is 2. The lowest BCUT2D eigenvalue weighted by molar-refractivity contribution is -0.0932.